The van der Waals surface area contributed by atoms with Crippen LogP contribution in [0.15, 0.2) is 34.1 Å². The highest BCUT2D eigenvalue weighted by atomic mass is 79.9. The van der Waals surface area contributed by atoms with E-state index in [2.05, 4.69) is 41.6 Å². The van der Waals surface area contributed by atoms with Crippen molar-refractivity contribution in [1.29, 1.82) is 0 Å². The Morgan fingerprint density at radius 3 is 3.00 bits per heavy atom. The number of amides is 1. The third-order valence-electron chi connectivity index (χ3n) is 2.62. The van der Waals surface area contributed by atoms with Gasteiger partial charge >= 0.3 is 11.9 Å². The van der Waals surface area contributed by atoms with Crippen molar-refractivity contribution in [2.45, 2.75) is 6.92 Å². The average Bonchev–Trinajstić information content (AvgIpc) is 3.09. The molecule has 9 nitrogen and oxygen atoms in total. The van der Waals surface area contributed by atoms with E-state index in [0.717, 1.165) is 4.47 Å². The van der Waals surface area contributed by atoms with Gasteiger partial charge in [-0.2, -0.15) is 10.2 Å². The van der Waals surface area contributed by atoms with Gasteiger partial charge in [0, 0.05) is 10.0 Å². The van der Waals surface area contributed by atoms with Crippen LogP contribution >= 0.6 is 15.9 Å². The maximum absolute atomic E-state index is 11.7. The van der Waals surface area contributed by atoms with Crippen molar-refractivity contribution in [2.24, 2.45) is 5.10 Å². The van der Waals surface area contributed by atoms with Gasteiger partial charge in [-0.3, -0.25) is 9.89 Å². The van der Waals surface area contributed by atoms with Gasteiger partial charge in [-0.25, -0.2) is 15.2 Å². The van der Waals surface area contributed by atoms with Crippen LogP contribution in [-0.4, -0.2) is 46.5 Å². The van der Waals surface area contributed by atoms with E-state index in [1.54, 1.807) is 25.1 Å². The molecule has 0 saturated heterocycles. The number of carbonyl (C=O) groups excluding carboxylic acids is 2. The molecule has 24 heavy (non-hydrogen) atoms. The Morgan fingerprint density at radius 2 is 2.29 bits per heavy atom. The summed E-state index contributed by atoms with van der Waals surface area (Å²) in [5.74, 6) is -0.543. The molecule has 2 N–H and O–H groups in total. The number of aromatic amines is 1. The number of rotatable bonds is 7. The first-order valence-electron chi connectivity index (χ1n) is 6.87. The van der Waals surface area contributed by atoms with E-state index < -0.39 is 11.9 Å². The van der Waals surface area contributed by atoms with Gasteiger partial charge in [0.05, 0.1) is 12.8 Å². The number of esters is 1. The molecule has 0 atom stereocenters. The lowest BCUT2D eigenvalue weighted by Crippen LogP contribution is -2.19. The molecule has 1 aromatic heterocycles. The molecule has 0 spiro atoms. The van der Waals surface area contributed by atoms with Gasteiger partial charge in [0.15, 0.2) is 6.61 Å². The molecule has 0 aliphatic heterocycles. The fourth-order valence-electron chi connectivity index (χ4n) is 1.62. The van der Waals surface area contributed by atoms with Crippen LogP contribution in [0.25, 0.3) is 0 Å². The van der Waals surface area contributed by atoms with Crippen LogP contribution in [0.3, 0.4) is 0 Å². The van der Waals surface area contributed by atoms with Crippen molar-refractivity contribution in [3.8, 4) is 5.75 Å². The van der Waals surface area contributed by atoms with E-state index in [1.165, 1.54) is 12.5 Å². The van der Waals surface area contributed by atoms with Gasteiger partial charge in [0.1, 0.15) is 12.1 Å². The van der Waals surface area contributed by atoms with Gasteiger partial charge in [-0.05, 0) is 25.1 Å². The normalized spacial score (nSPS) is 10.6. The first-order valence-corrected chi connectivity index (χ1v) is 7.66. The Balaban J connectivity index is 2.02. The number of halogens is 1. The zero-order chi connectivity index (χ0) is 17.4. The molecule has 0 fully saturated rings. The third kappa shape index (κ3) is 5.16. The summed E-state index contributed by atoms with van der Waals surface area (Å²) in [5.41, 5.74) is 2.86. The molecule has 0 radical (unpaired) electrons. The van der Waals surface area contributed by atoms with Crippen molar-refractivity contribution in [3.63, 3.8) is 0 Å². The first kappa shape index (κ1) is 17.6. The highest BCUT2D eigenvalue weighted by Crippen LogP contribution is 2.21. The van der Waals surface area contributed by atoms with Crippen LogP contribution in [-0.2, 0) is 9.53 Å². The van der Waals surface area contributed by atoms with Crippen LogP contribution in [0.2, 0.25) is 0 Å². The Labute approximate surface area is 145 Å². The Hall–Kier alpha value is -2.75. The Morgan fingerprint density at radius 1 is 1.46 bits per heavy atom. The zero-order valence-corrected chi connectivity index (χ0v) is 14.2. The number of ether oxygens (including phenoxy) is 2. The maximum Gasteiger partial charge on any atom is 0.344 e. The predicted molar refractivity (Wildman–Crippen MR) is 87.7 cm³/mol. The molecular formula is C14H14BrN5O4. The summed E-state index contributed by atoms with van der Waals surface area (Å²) in [4.78, 5) is 26.7. The number of aromatic nitrogens is 3. The fourth-order valence-corrected chi connectivity index (χ4v) is 2.00. The molecule has 2 rings (SSSR count). The van der Waals surface area contributed by atoms with Crippen molar-refractivity contribution in [1.82, 2.24) is 20.6 Å². The van der Waals surface area contributed by atoms with E-state index in [4.69, 9.17) is 9.47 Å². The third-order valence-corrected chi connectivity index (χ3v) is 3.12. The summed E-state index contributed by atoms with van der Waals surface area (Å²) in [5, 5.41) is 9.83. The molecule has 0 saturated carbocycles. The molecule has 0 aliphatic carbocycles. The highest BCUT2D eigenvalue weighted by molar-refractivity contribution is 9.10. The van der Waals surface area contributed by atoms with E-state index >= 15 is 0 Å². The summed E-state index contributed by atoms with van der Waals surface area (Å²) < 4.78 is 11.0. The second-order valence-corrected chi connectivity index (χ2v) is 5.22. The number of carbonyl (C=O) groups is 2. The second kappa shape index (κ2) is 8.77. The molecular weight excluding hydrogens is 382 g/mol. The minimum absolute atomic E-state index is 0.0418. The van der Waals surface area contributed by atoms with Gasteiger partial charge in [0.25, 0.3) is 0 Å². The van der Waals surface area contributed by atoms with E-state index in [1.807, 2.05) is 0 Å². The molecule has 2 aromatic rings. The van der Waals surface area contributed by atoms with Gasteiger partial charge in [-0.15, -0.1) is 0 Å². The van der Waals surface area contributed by atoms with Gasteiger partial charge in [-0.1, -0.05) is 15.9 Å². The van der Waals surface area contributed by atoms with Crippen molar-refractivity contribution in [3.05, 3.63) is 40.4 Å². The van der Waals surface area contributed by atoms with Crippen LogP contribution in [0, 0.1) is 0 Å². The summed E-state index contributed by atoms with van der Waals surface area (Å²) in [6, 6.07) is 5.15. The Bertz CT molecular complexity index is 733. The average molecular weight is 396 g/mol. The number of hydrogen-bond donors (Lipinski definition) is 2. The smallest absolute Gasteiger partial charge is 0.344 e. The molecule has 1 amide bonds. The van der Waals surface area contributed by atoms with Gasteiger partial charge in [0.2, 0.25) is 5.82 Å². The van der Waals surface area contributed by atoms with Crippen LogP contribution in [0.5, 0.6) is 5.75 Å². The summed E-state index contributed by atoms with van der Waals surface area (Å²) in [6.07, 6.45) is 2.60. The molecule has 126 valence electrons. The van der Waals surface area contributed by atoms with E-state index in [-0.39, 0.29) is 19.0 Å². The summed E-state index contributed by atoms with van der Waals surface area (Å²) in [6.45, 7) is 1.78. The van der Waals surface area contributed by atoms with E-state index in [0.29, 0.717) is 11.3 Å². The SMILES string of the molecule is CCOC(=O)COc1ccc(Br)cc1/C=N\NC(=O)c1ncn[nH]1. The number of H-pyrrole nitrogens is 1. The highest BCUT2D eigenvalue weighted by Gasteiger charge is 2.09. The second-order valence-electron chi connectivity index (χ2n) is 4.31. The number of nitrogens with one attached hydrogen (secondary N) is 2. The number of hydrogen-bond acceptors (Lipinski definition) is 7. The van der Waals surface area contributed by atoms with Crippen LogP contribution in [0.4, 0.5) is 0 Å². The number of nitrogens with zero attached hydrogens (tertiary/aromatic N) is 3. The van der Waals surface area contributed by atoms with E-state index in [9.17, 15) is 9.59 Å². The minimum atomic E-state index is -0.535. The van der Waals surface area contributed by atoms with Crippen LogP contribution in [0.1, 0.15) is 23.1 Å². The summed E-state index contributed by atoms with van der Waals surface area (Å²) >= 11 is 3.33. The molecule has 0 aliphatic rings. The van der Waals surface area contributed by atoms with Crippen LogP contribution < -0.4 is 10.2 Å². The molecule has 0 unspecified atom stereocenters. The number of hydrazone groups is 1. The Kier molecular flexibility index (Phi) is 6.43. The standard InChI is InChI=1S/C14H14BrN5O4/c1-2-23-12(21)7-24-11-4-3-10(15)5-9(11)6-17-20-14(22)13-16-8-18-19-13/h3-6,8H,2,7H2,1H3,(H,20,22)(H,16,18,19)/b17-6-. The largest absolute Gasteiger partial charge is 0.481 e. The van der Waals surface area contributed by atoms with Crippen molar-refractivity contribution in [2.75, 3.05) is 13.2 Å². The lowest BCUT2D eigenvalue weighted by molar-refractivity contribution is -0.145. The zero-order valence-electron chi connectivity index (χ0n) is 12.7. The maximum atomic E-state index is 11.7. The van der Waals surface area contributed by atoms with Crippen molar-refractivity contribution >= 4 is 34.0 Å². The molecule has 0 bridgehead atoms. The molecule has 10 heteroatoms. The lowest BCUT2D eigenvalue weighted by atomic mass is 10.2. The molecule has 1 aromatic carbocycles. The lowest BCUT2D eigenvalue weighted by Gasteiger charge is -2.09. The minimum Gasteiger partial charge on any atom is -0.481 e. The number of benzene rings is 1. The topological polar surface area (TPSA) is 119 Å². The quantitative estimate of drug-likeness (QED) is 0.414. The molecule has 1 heterocycles. The predicted octanol–water partition coefficient (Wildman–Crippen LogP) is 1.27. The summed E-state index contributed by atoms with van der Waals surface area (Å²) in [7, 11) is 0. The monoisotopic (exact) mass is 395 g/mol. The van der Waals surface area contributed by atoms with Gasteiger partial charge < -0.3 is 9.47 Å². The van der Waals surface area contributed by atoms with Crippen molar-refractivity contribution < 1.29 is 19.1 Å². The fraction of sp³-hybridized carbons (Fsp3) is 0.214. The first-order chi connectivity index (χ1) is 11.6.